The third-order valence-corrected chi connectivity index (χ3v) is 2.80. The molecule has 0 aromatic carbocycles. The van der Waals surface area contributed by atoms with Gasteiger partial charge in [0.2, 0.25) is 0 Å². The lowest BCUT2D eigenvalue weighted by Crippen LogP contribution is -2.37. The quantitative estimate of drug-likeness (QED) is 0.735. The Morgan fingerprint density at radius 3 is 2.36 bits per heavy atom. The van der Waals surface area contributed by atoms with Crippen molar-refractivity contribution in [3.63, 3.8) is 0 Å². The van der Waals surface area contributed by atoms with Crippen molar-refractivity contribution >= 4 is 0 Å². The largest absolute Gasteiger partial charge is 0.375 e. The van der Waals surface area contributed by atoms with Gasteiger partial charge in [0.1, 0.15) is 0 Å². The van der Waals surface area contributed by atoms with Crippen LogP contribution >= 0.6 is 0 Å². The van der Waals surface area contributed by atoms with Gasteiger partial charge in [-0.05, 0) is 33.6 Å². The van der Waals surface area contributed by atoms with E-state index in [2.05, 4.69) is 26.1 Å². The van der Waals surface area contributed by atoms with E-state index in [1.54, 1.807) is 0 Å². The molecule has 14 heavy (non-hydrogen) atoms. The molecule has 84 valence electrons. The molecule has 0 aliphatic heterocycles. The topological polar surface area (TPSA) is 21.3 Å². The minimum atomic E-state index is 0.344. The van der Waals surface area contributed by atoms with Crippen molar-refractivity contribution in [3.05, 3.63) is 0 Å². The molecule has 2 heteroatoms. The third-order valence-electron chi connectivity index (χ3n) is 2.80. The molecule has 1 N–H and O–H groups in total. The molecular formula is C12H25NO. The van der Waals surface area contributed by atoms with Gasteiger partial charge in [0, 0.05) is 12.6 Å². The van der Waals surface area contributed by atoms with Gasteiger partial charge >= 0.3 is 0 Å². The summed E-state index contributed by atoms with van der Waals surface area (Å²) in [5.41, 5.74) is 0. The van der Waals surface area contributed by atoms with Crippen LogP contribution < -0.4 is 5.32 Å². The monoisotopic (exact) mass is 199 g/mol. The molecule has 0 spiro atoms. The van der Waals surface area contributed by atoms with Gasteiger partial charge in [-0.25, -0.2) is 0 Å². The second-order valence-corrected chi connectivity index (χ2v) is 4.74. The Kier molecular flexibility index (Phi) is 5.49. The van der Waals surface area contributed by atoms with E-state index in [0.717, 1.165) is 12.6 Å². The van der Waals surface area contributed by atoms with Crippen LogP contribution in [0.5, 0.6) is 0 Å². The van der Waals surface area contributed by atoms with Crippen molar-refractivity contribution in [2.24, 2.45) is 0 Å². The second kappa shape index (κ2) is 6.41. The molecule has 2 nitrogen and oxygen atoms in total. The fourth-order valence-corrected chi connectivity index (χ4v) is 2.15. The highest BCUT2D eigenvalue weighted by atomic mass is 16.5. The van der Waals surface area contributed by atoms with Crippen molar-refractivity contribution in [1.82, 2.24) is 5.32 Å². The molecule has 1 atom stereocenters. The van der Waals surface area contributed by atoms with E-state index < -0.39 is 0 Å². The highest BCUT2D eigenvalue weighted by Gasteiger charge is 2.13. The summed E-state index contributed by atoms with van der Waals surface area (Å²) in [6.45, 7) is 7.34. The first-order valence-electron chi connectivity index (χ1n) is 6.07. The normalized spacial score (nSPS) is 21.4. The number of ether oxygens (including phenoxy) is 1. The van der Waals surface area contributed by atoms with Gasteiger partial charge in [-0.3, -0.25) is 0 Å². The molecule has 0 aromatic heterocycles. The molecule has 0 radical (unpaired) electrons. The summed E-state index contributed by atoms with van der Waals surface area (Å²) in [4.78, 5) is 0. The van der Waals surface area contributed by atoms with Gasteiger partial charge in [-0.15, -0.1) is 0 Å². The Morgan fingerprint density at radius 2 is 1.79 bits per heavy atom. The summed E-state index contributed by atoms with van der Waals surface area (Å²) >= 11 is 0. The zero-order valence-electron chi connectivity index (χ0n) is 9.88. The van der Waals surface area contributed by atoms with E-state index in [1.165, 1.54) is 32.1 Å². The summed E-state index contributed by atoms with van der Waals surface area (Å²) < 4.78 is 5.68. The van der Waals surface area contributed by atoms with Gasteiger partial charge in [0.25, 0.3) is 0 Å². The van der Waals surface area contributed by atoms with Gasteiger partial charge in [-0.2, -0.15) is 0 Å². The lowest BCUT2D eigenvalue weighted by atomic mass is 9.95. The van der Waals surface area contributed by atoms with Crippen LogP contribution in [-0.4, -0.2) is 24.8 Å². The maximum Gasteiger partial charge on any atom is 0.0674 e. The smallest absolute Gasteiger partial charge is 0.0674 e. The minimum absolute atomic E-state index is 0.344. The fourth-order valence-electron chi connectivity index (χ4n) is 2.15. The average Bonchev–Trinajstić information content (AvgIpc) is 2.15. The molecule has 1 saturated carbocycles. The first-order valence-corrected chi connectivity index (χ1v) is 6.07. The molecule has 1 aliphatic carbocycles. The van der Waals surface area contributed by atoms with Crippen molar-refractivity contribution in [3.8, 4) is 0 Å². The van der Waals surface area contributed by atoms with Crippen LogP contribution in [0.3, 0.4) is 0 Å². The summed E-state index contributed by atoms with van der Waals surface area (Å²) in [7, 11) is 0. The Labute approximate surface area is 88.4 Å². The van der Waals surface area contributed by atoms with Crippen molar-refractivity contribution < 1.29 is 4.74 Å². The molecule has 1 aliphatic rings. The van der Waals surface area contributed by atoms with Gasteiger partial charge in [-0.1, -0.05) is 19.3 Å². The second-order valence-electron chi connectivity index (χ2n) is 4.74. The molecule has 0 amide bonds. The highest BCUT2D eigenvalue weighted by Crippen LogP contribution is 2.17. The molecule has 1 fully saturated rings. The first-order chi connectivity index (χ1) is 6.68. The molecular weight excluding hydrogens is 174 g/mol. The summed E-state index contributed by atoms with van der Waals surface area (Å²) in [5.74, 6) is 0. The van der Waals surface area contributed by atoms with Crippen LogP contribution in [-0.2, 0) is 4.74 Å². The fraction of sp³-hybridized carbons (Fsp3) is 1.00. The zero-order valence-corrected chi connectivity index (χ0v) is 9.88. The highest BCUT2D eigenvalue weighted by molar-refractivity contribution is 4.72. The Hall–Kier alpha value is -0.0800. The zero-order chi connectivity index (χ0) is 10.4. The van der Waals surface area contributed by atoms with Crippen molar-refractivity contribution in [2.45, 2.75) is 71.1 Å². The number of hydrogen-bond acceptors (Lipinski definition) is 2. The van der Waals surface area contributed by atoms with Crippen LogP contribution in [0.4, 0.5) is 0 Å². The lowest BCUT2D eigenvalue weighted by Gasteiger charge is -2.25. The van der Waals surface area contributed by atoms with Gasteiger partial charge in [0.15, 0.2) is 0 Å². The molecule has 0 aromatic rings. The SMILES string of the molecule is CC(C)OC(C)CNC1CCCCC1. The summed E-state index contributed by atoms with van der Waals surface area (Å²) in [6.07, 6.45) is 7.63. The van der Waals surface area contributed by atoms with E-state index in [0.29, 0.717) is 12.2 Å². The van der Waals surface area contributed by atoms with Crippen LogP contribution in [0.2, 0.25) is 0 Å². The van der Waals surface area contributed by atoms with Crippen molar-refractivity contribution in [2.75, 3.05) is 6.54 Å². The predicted molar refractivity (Wildman–Crippen MR) is 60.6 cm³/mol. The minimum Gasteiger partial charge on any atom is -0.375 e. The maximum absolute atomic E-state index is 5.68. The Bertz CT molecular complexity index is 141. The Balaban J connectivity index is 2.06. The van der Waals surface area contributed by atoms with Crippen LogP contribution in [0.1, 0.15) is 52.9 Å². The van der Waals surface area contributed by atoms with Gasteiger partial charge in [0.05, 0.1) is 12.2 Å². The molecule has 0 bridgehead atoms. The molecule has 1 unspecified atom stereocenters. The van der Waals surface area contributed by atoms with E-state index in [4.69, 9.17) is 4.74 Å². The first kappa shape index (κ1) is 12.0. The number of hydrogen-bond donors (Lipinski definition) is 1. The summed E-state index contributed by atoms with van der Waals surface area (Å²) in [5, 5.41) is 3.60. The van der Waals surface area contributed by atoms with Crippen LogP contribution in [0.25, 0.3) is 0 Å². The predicted octanol–water partition coefficient (Wildman–Crippen LogP) is 2.72. The van der Waals surface area contributed by atoms with E-state index >= 15 is 0 Å². The van der Waals surface area contributed by atoms with Crippen LogP contribution in [0.15, 0.2) is 0 Å². The summed E-state index contributed by atoms with van der Waals surface area (Å²) in [6, 6.07) is 0.752. The molecule has 0 heterocycles. The van der Waals surface area contributed by atoms with E-state index in [9.17, 15) is 0 Å². The van der Waals surface area contributed by atoms with E-state index in [1.807, 2.05) is 0 Å². The standard InChI is InChI=1S/C12H25NO/c1-10(2)14-11(3)9-13-12-7-5-4-6-8-12/h10-13H,4-9H2,1-3H3. The third kappa shape index (κ3) is 4.97. The average molecular weight is 199 g/mol. The van der Waals surface area contributed by atoms with Crippen molar-refractivity contribution in [1.29, 1.82) is 0 Å². The lowest BCUT2D eigenvalue weighted by molar-refractivity contribution is 0.0175. The Morgan fingerprint density at radius 1 is 1.14 bits per heavy atom. The number of nitrogens with one attached hydrogen (secondary N) is 1. The maximum atomic E-state index is 5.68. The van der Waals surface area contributed by atoms with Gasteiger partial charge < -0.3 is 10.1 Å². The molecule has 0 saturated heterocycles. The number of rotatable bonds is 5. The van der Waals surface area contributed by atoms with E-state index in [-0.39, 0.29) is 0 Å². The molecule has 1 rings (SSSR count). The van der Waals surface area contributed by atoms with Crippen LogP contribution in [0, 0.1) is 0 Å².